The minimum Gasteiger partial charge on any atom is -0.427 e. The molecule has 0 aliphatic heterocycles. The van der Waals surface area contributed by atoms with E-state index in [4.69, 9.17) is 10.0 Å². The smallest absolute Gasteiger partial charge is 0.427 e. The first-order chi connectivity index (χ1) is 3.77. The van der Waals surface area contributed by atoms with Gasteiger partial charge in [0.15, 0.2) is 0 Å². The third-order valence-electron chi connectivity index (χ3n) is 1.07. The Labute approximate surface area is 62.8 Å². The summed E-state index contributed by atoms with van der Waals surface area (Å²) in [4.78, 5) is 0. The molecule has 56 valence electrons. The van der Waals surface area contributed by atoms with Crippen LogP contribution in [0.25, 0.3) is 0 Å². The van der Waals surface area contributed by atoms with E-state index >= 15 is 0 Å². The fourth-order valence-electron chi connectivity index (χ4n) is 0.577. The van der Waals surface area contributed by atoms with Gasteiger partial charge in [-0.2, -0.15) is 0 Å². The zero-order chi connectivity index (χ0) is 6.41. The predicted molar refractivity (Wildman–Crippen MR) is 41.8 cm³/mol. The van der Waals surface area contributed by atoms with Gasteiger partial charge in [0.05, 0.1) is 0 Å². The molecule has 0 fully saturated rings. The summed E-state index contributed by atoms with van der Waals surface area (Å²) in [6, 6.07) is 0. The van der Waals surface area contributed by atoms with Gasteiger partial charge in [0.2, 0.25) is 0 Å². The number of unbranched alkanes of at least 4 members (excludes halogenated alkanes) is 2. The van der Waals surface area contributed by atoms with E-state index in [1.807, 2.05) is 0 Å². The highest BCUT2D eigenvalue weighted by Gasteiger charge is 2.03. The molecule has 0 aromatic heterocycles. The molecule has 0 heterocycles. The molecule has 2 nitrogen and oxygen atoms in total. The van der Waals surface area contributed by atoms with Crippen LogP contribution in [-0.2, 0) is 0 Å². The lowest BCUT2D eigenvalue weighted by atomic mass is 9.84. The van der Waals surface area contributed by atoms with Gasteiger partial charge >= 0.3 is 7.12 Å². The van der Waals surface area contributed by atoms with Gasteiger partial charge in [0.25, 0.3) is 0 Å². The molecule has 0 unspecified atom stereocenters. The van der Waals surface area contributed by atoms with Gasteiger partial charge in [-0.1, -0.05) is 26.2 Å². The van der Waals surface area contributed by atoms with Gasteiger partial charge in [0, 0.05) is 0 Å². The van der Waals surface area contributed by atoms with Crippen LogP contribution in [-0.4, -0.2) is 17.2 Å². The van der Waals surface area contributed by atoms with Gasteiger partial charge in [-0.3, -0.25) is 0 Å². The molecular weight excluding hydrogens is 138 g/mol. The van der Waals surface area contributed by atoms with Crippen molar-refractivity contribution in [3.63, 3.8) is 0 Å². The molecule has 0 saturated carbocycles. The van der Waals surface area contributed by atoms with Crippen molar-refractivity contribution in [2.45, 2.75) is 32.5 Å². The van der Waals surface area contributed by atoms with Crippen molar-refractivity contribution in [2.24, 2.45) is 0 Å². The second kappa shape index (κ2) is 8.27. The first-order valence-electron chi connectivity index (χ1n) is 3.13. The van der Waals surface area contributed by atoms with E-state index in [1.165, 1.54) is 0 Å². The van der Waals surface area contributed by atoms with Crippen molar-refractivity contribution < 1.29 is 10.0 Å². The topological polar surface area (TPSA) is 40.5 Å². The Bertz CT molecular complexity index is 52.2. The second-order valence-electron chi connectivity index (χ2n) is 1.98. The molecule has 0 bridgehead atoms. The van der Waals surface area contributed by atoms with Crippen LogP contribution in [0.3, 0.4) is 0 Å². The van der Waals surface area contributed by atoms with E-state index in [0.29, 0.717) is 6.32 Å². The quantitative estimate of drug-likeness (QED) is 0.467. The summed E-state index contributed by atoms with van der Waals surface area (Å²) in [6.07, 6.45) is 3.67. The van der Waals surface area contributed by atoms with Crippen LogP contribution in [0.4, 0.5) is 0 Å². The molecule has 0 aromatic carbocycles. The molecule has 0 saturated heterocycles. The van der Waals surface area contributed by atoms with Crippen LogP contribution < -0.4 is 0 Å². The van der Waals surface area contributed by atoms with Crippen molar-refractivity contribution in [1.82, 2.24) is 0 Å². The summed E-state index contributed by atoms with van der Waals surface area (Å²) < 4.78 is 0. The van der Waals surface area contributed by atoms with Crippen LogP contribution in [0.2, 0.25) is 6.32 Å². The summed E-state index contributed by atoms with van der Waals surface area (Å²) >= 11 is 0. The third-order valence-corrected chi connectivity index (χ3v) is 1.07. The summed E-state index contributed by atoms with van der Waals surface area (Å²) in [5.41, 5.74) is 0. The van der Waals surface area contributed by atoms with E-state index < -0.39 is 7.12 Å². The minimum atomic E-state index is -1.10. The Kier molecular flexibility index (Phi) is 11.0. The average Bonchev–Trinajstić information content (AvgIpc) is 1.66. The van der Waals surface area contributed by atoms with Crippen molar-refractivity contribution in [3.05, 3.63) is 0 Å². The highest BCUT2D eigenvalue weighted by Crippen LogP contribution is 1.99. The van der Waals surface area contributed by atoms with E-state index in [-0.39, 0.29) is 12.4 Å². The maximum absolute atomic E-state index is 8.33. The van der Waals surface area contributed by atoms with Crippen molar-refractivity contribution in [2.75, 3.05) is 0 Å². The lowest BCUT2D eigenvalue weighted by molar-refractivity contribution is 0.402. The summed E-state index contributed by atoms with van der Waals surface area (Å²) in [6.45, 7) is 2.09. The molecule has 0 aliphatic rings. The van der Waals surface area contributed by atoms with Crippen LogP contribution in [0.5, 0.6) is 0 Å². The third kappa shape index (κ3) is 11.7. The average molecular weight is 152 g/mol. The highest BCUT2D eigenvalue weighted by molar-refractivity contribution is 6.40. The van der Waals surface area contributed by atoms with E-state index in [0.717, 1.165) is 19.3 Å². The molecule has 0 aromatic rings. The van der Waals surface area contributed by atoms with E-state index in [9.17, 15) is 0 Å². The monoisotopic (exact) mass is 152 g/mol. The molecule has 0 rings (SSSR count). The lowest BCUT2D eigenvalue weighted by Gasteiger charge is -1.94. The highest BCUT2D eigenvalue weighted by atomic mass is 35.5. The van der Waals surface area contributed by atoms with Gasteiger partial charge < -0.3 is 10.0 Å². The van der Waals surface area contributed by atoms with Crippen LogP contribution >= 0.6 is 12.4 Å². The molecule has 4 heteroatoms. The Morgan fingerprint density at radius 2 is 1.78 bits per heavy atom. The van der Waals surface area contributed by atoms with E-state index in [2.05, 4.69) is 6.92 Å². The van der Waals surface area contributed by atoms with Crippen LogP contribution in [0, 0.1) is 0 Å². The molecule has 0 amide bonds. The van der Waals surface area contributed by atoms with E-state index in [1.54, 1.807) is 0 Å². The number of hydrogen-bond donors (Lipinski definition) is 2. The summed E-state index contributed by atoms with van der Waals surface area (Å²) in [5, 5.41) is 16.7. The van der Waals surface area contributed by atoms with Crippen molar-refractivity contribution >= 4 is 19.5 Å². The van der Waals surface area contributed by atoms with Gasteiger partial charge in [-0.05, 0) is 6.32 Å². The van der Waals surface area contributed by atoms with Gasteiger partial charge in [0.1, 0.15) is 0 Å². The Balaban J connectivity index is 0. The normalized spacial score (nSPS) is 8.33. The minimum absolute atomic E-state index is 0. The fraction of sp³-hybridized carbons (Fsp3) is 1.00. The fourth-order valence-corrected chi connectivity index (χ4v) is 0.577. The summed E-state index contributed by atoms with van der Waals surface area (Å²) in [7, 11) is -1.10. The molecule has 0 atom stereocenters. The standard InChI is InChI=1S/C5H13BO2.ClH/c1-2-3-4-5-6(7)8;/h7-8H,2-5H2,1H3;1H. The first-order valence-corrected chi connectivity index (χ1v) is 3.13. The molecule has 9 heavy (non-hydrogen) atoms. The zero-order valence-corrected chi connectivity index (χ0v) is 6.52. The van der Waals surface area contributed by atoms with Crippen LogP contribution in [0.15, 0.2) is 0 Å². The largest absolute Gasteiger partial charge is 0.451 e. The van der Waals surface area contributed by atoms with Crippen molar-refractivity contribution in [3.8, 4) is 0 Å². The Morgan fingerprint density at radius 3 is 2.11 bits per heavy atom. The maximum atomic E-state index is 8.33. The molecule has 0 aliphatic carbocycles. The Morgan fingerprint density at radius 1 is 1.22 bits per heavy atom. The molecule has 2 N–H and O–H groups in total. The molecule has 0 spiro atoms. The summed E-state index contributed by atoms with van der Waals surface area (Å²) in [5.74, 6) is 0. The van der Waals surface area contributed by atoms with Gasteiger partial charge in [-0.25, -0.2) is 0 Å². The number of hydrogen-bond acceptors (Lipinski definition) is 2. The lowest BCUT2D eigenvalue weighted by Crippen LogP contribution is -2.09. The zero-order valence-electron chi connectivity index (χ0n) is 5.71. The molecule has 0 radical (unpaired) electrons. The second-order valence-corrected chi connectivity index (χ2v) is 1.98. The predicted octanol–water partition coefficient (Wildman–Crippen LogP) is 1.07. The molecular formula is C5H14BClO2. The number of rotatable bonds is 4. The SMILES string of the molecule is CCCCCB(O)O.Cl. The maximum Gasteiger partial charge on any atom is 0.451 e. The van der Waals surface area contributed by atoms with Crippen LogP contribution in [0.1, 0.15) is 26.2 Å². The van der Waals surface area contributed by atoms with Crippen molar-refractivity contribution in [1.29, 1.82) is 0 Å². The number of halogens is 1. The first kappa shape index (κ1) is 12.0. The van der Waals surface area contributed by atoms with Gasteiger partial charge in [-0.15, -0.1) is 12.4 Å². The Hall–Kier alpha value is 0.275.